The van der Waals surface area contributed by atoms with Crippen molar-refractivity contribution < 1.29 is 9.90 Å². The molecule has 0 spiro atoms. The quantitative estimate of drug-likeness (QED) is 0.890. The largest absolute Gasteiger partial charge is 0.387 e. The molecule has 1 atom stereocenters. The normalized spacial score (nSPS) is 16.8. The van der Waals surface area contributed by atoms with Crippen molar-refractivity contribution >= 4 is 17.5 Å². The molecule has 1 aliphatic rings. The first-order chi connectivity index (χ1) is 10.6. The van der Waals surface area contributed by atoms with Crippen LogP contribution in [0.1, 0.15) is 30.1 Å². The van der Waals surface area contributed by atoms with Gasteiger partial charge in [-0.05, 0) is 36.1 Å². The molecule has 0 heterocycles. The highest BCUT2D eigenvalue weighted by molar-refractivity contribution is 6.30. The number of carbonyl (C=O) groups excluding carboxylic acids is 1. The highest BCUT2D eigenvalue weighted by Crippen LogP contribution is 2.48. The molecular formula is C18H18ClNO2. The Morgan fingerprint density at radius 2 is 1.77 bits per heavy atom. The summed E-state index contributed by atoms with van der Waals surface area (Å²) in [4.78, 5) is 12.5. The van der Waals surface area contributed by atoms with Crippen LogP contribution in [0.4, 0.5) is 0 Å². The Labute approximate surface area is 134 Å². The maximum atomic E-state index is 12.5. The maximum absolute atomic E-state index is 12.5. The van der Waals surface area contributed by atoms with Crippen LogP contribution in [0.15, 0.2) is 54.6 Å². The van der Waals surface area contributed by atoms with Crippen LogP contribution in [0.3, 0.4) is 0 Å². The number of hydrogen-bond donors (Lipinski definition) is 2. The summed E-state index contributed by atoms with van der Waals surface area (Å²) >= 11 is 5.90. The molecular weight excluding hydrogens is 298 g/mol. The molecule has 2 N–H and O–H groups in total. The number of benzene rings is 2. The van der Waals surface area contributed by atoms with Gasteiger partial charge in [0.25, 0.3) is 0 Å². The third kappa shape index (κ3) is 3.01. The molecule has 2 aromatic carbocycles. The fraction of sp³-hybridized carbons (Fsp3) is 0.278. The van der Waals surface area contributed by atoms with Gasteiger partial charge in [0.1, 0.15) is 0 Å². The monoisotopic (exact) mass is 315 g/mol. The average Bonchev–Trinajstić information content (AvgIpc) is 3.35. The Balaban J connectivity index is 1.64. The van der Waals surface area contributed by atoms with Crippen molar-refractivity contribution in [3.63, 3.8) is 0 Å². The fourth-order valence-corrected chi connectivity index (χ4v) is 2.82. The number of aliphatic hydroxyl groups is 1. The minimum absolute atomic E-state index is 0.0233. The van der Waals surface area contributed by atoms with Crippen molar-refractivity contribution in [2.75, 3.05) is 6.54 Å². The average molecular weight is 316 g/mol. The Hall–Kier alpha value is -1.84. The number of halogens is 1. The summed E-state index contributed by atoms with van der Waals surface area (Å²) in [5.74, 6) is -0.0233. The van der Waals surface area contributed by atoms with Crippen LogP contribution in [0.5, 0.6) is 0 Å². The molecule has 1 amide bonds. The summed E-state index contributed by atoms with van der Waals surface area (Å²) in [6.45, 7) is 0.220. The van der Waals surface area contributed by atoms with Gasteiger partial charge < -0.3 is 10.4 Å². The van der Waals surface area contributed by atoms with E-state index < -0.39 is 11.5 Å². The zero-order chi connectivity index (χ0) is 15.6. The lowest BCUT2D eigenvalue weighted by molar-refractivity contribution is -0.124. The summed E-state index contributed by atoms with van der Waals surface area (Å²) in [6.07, 6.45) is 0.982. The van der Waals surface area contributed by atoms with Crippen molar-refractivity contribution in [1.29, 1.82) is 0 Å². The predicted molar refractivity (Wildman–Crippen MR) is 86.8 cm³/mol. The molecule has 22 heavy (non-hydrogen) atoms. The molecule has 1 aliphatic carbocycles. The second-order valence-corrected chi connectivity index (χ2v) is 6.16. The van der Waals surface area contributed by atoms with E-state index in [-0.39, 0.29) is 12.5 Å². The summed E-state index contributed by atoms with van der Waals surface area (Å²) in [5.41, 5.74) is 1.35. The number of hydrogen-bond acceptors (Lipinski definition) is 2. The molecule has 2 aromatic rings. The van der Waals surface area contributed by atoms with E-state index in [4.69, 9.17) is 11.6 Å². The molecule has 1 fully saturated rings. The van der Waals surface area contributed by atoms with Gasteiger partial charge in [-0.3, -0.25) is 4.79 Å². The van der Waals surface area contributed by atoms with Gasteiger partial charge in [0.2, 0.25) is 5.91 Å². The second kappa shape index (κ2) is 6.11. The van der Waals surface area contributed by atoms with Gasteiger partial charge in [-0.25, -0.2) is 0 Å². The van der Waals surface area contributed by atoms with Gasteiger partial charge in [-0.15, -0.1) is 0 Å². The fourth-order valence-electron chi connectivity index (χ4n) is 2.69. The maximum Gasteiger partial charge on any atom is 0.230 e. The minimum atomic E-state index is -0.689. The molecule has 3 rings (SSSR count). The number of carbonyl (C=O) groups is 1. The zero-order valence-electron chi connectivity index (χ0n) is 12.1. The third-order valence-electron chi connectivity index (χ3n) is 4.22. The van der Waals surface area contributed by atoms with Gasteiger partial charge in [-0.1, -0.05) is 54.1 Å². The lowest BCUT2D eigenvalue weighted by atomic mass is 9.95. The molecule has 0 aromatic heterocycles. The number of aliphatic hydroxyl groups excluding tert-OH is 1. The second-order valence-electron chi connectivity index (χ2n) is 5.73. The standard InChI is InChI=1S/C18H18ClNO2/c19-15-8-6-14(7-9-15)18(10-11-18)17(22)20-12-16(21)13-4-2-1-3-5-13/h1-9,16,21H,10-12H2,(H,20,22)/t16-/m0/s1. The van der Waals surface area contributed by atoms with E-state index in [1.54, 1.807) is 0 Å². The first-order valence-electron chi connectivity index (χ1n) is 7.39. The molecule has 4 heteroatoms. The Morgan fingerprint density at radius 1 is 1.14 bits per heavy atom. The van der Waals surface area contributed by atoms with Crippen LogP contribution in [-0.4, -0.2) is 17.6 Å². The summed E-state index contributed by atoms with van der Waals surface area (Å²) in [7, 11) is 0. The predicted octanol–water partition coefficient (Wildman–Crippen LogP) is 3.22. The van der Waals surface area contributed by atoms with E-state index in [0.717, 1.165) is 24.0 Å². The summed E-state index contributed by atoms with van der Waals surface area (Å²) in [6, 6.07) is 16.8. The molecule has 1 saturated carbocycles. The molecule has 0 bridgehead atoms. The Kier molecular flexibility index (Phi) is 4.19. The molecule has 0 aliphatic heterocycles. The van der Waals surface area contributed by atoms with Crippen LogP contribution >= 0.6 is 11.6 Å². The van der Waals surface area contributed by atoms with Crippen molar-refractivity contribution in [3.05, 3.63) is 70.7 Å². The summed E-state index contributed by atoms with van der Waals surface area (Å²) in [5, 5.41) is 13.7. The van der Waals surface area contributed by atoms with E-state index in [0.29, 0.717) is 5.02 Å². The minimum Gasteiger partial charge on any atom is -0.387 e. The van der Waals surface area contributed by atoms with Gasteiger partial charge in [0.05, 0.1) is 11.5 Å². The van der Waals surface area contributed by atoms with Crippen LogP contribution in [0.25, 0.3) is 0 Å². The van der Waals surface area contributed by atoms with Crippen LogP contribution in [0.2, 0.25) is 5.02 Å². The van der Waals surface area contributed by atoms with Crippen molar-refractivity contribution in [2.45, 2.75) is 24.4 Å². The third-order valence-corrected chi connectivity index (χ3v) is 4.47. The van der Waals surface area contributed by atoms with Gasteiger partial charge >= 0.3 is 0 Å². The summed E-state index contributed by atoms with van der Waals surface area (Å²) < 4.78 is 0. The van der Waals surface area contributed by atoms with Crippen molar-refractivity contribution in [1.82, 2.24) is 5.32 Å². The Bertz CT molecular complexity index is 651. The SMILES string of the molecule is O=C(NC[C@H](O)c1ccccc1)C1(c2ccc(Cl)cc2)CC1. The van der Waals surface area contributed by atoms with Gasteiger partial charge in [0.15, 0.2) is 0 Å². The van der Waals surface area contributed by atoms with E-state index >= 15 is 0 Å². The number of rotatable bonds is 5. The molecule has 114 valence electrons. The molecule has 0 radical (unpaired) electrons. The highest BCUT2D eigenvalue weighted by atomic mass is 35.5. The van der Waals surface area contributed by atoms with Crippen LogP contribution in [-0.2, 0) is 10.2 Å². The smallest absolute Gasteiger partial charge is 0.230 e. The molecule has 0 saturated heterocycles. The lowest BCUT2D eigenvalue weighted by Gasteiger charge is -2.18. The van der Waals surface area contributed by atoms with Gasteiger partial charge in [0, 0.05) is 11.6 Å². The zero-order valence-corrected chi connectivity index (χ0v) is 12.9. The molecule has 3 nitrogen and oxygen atoms in total. The first-order valence-corrected chi connectivity index (χ1v) is 7.77. The highest BCUT2D eigenvalue weighted by Gasteiger charge is 2.51. The number of amides is 1. The van der Waals surface area contributed by atoms with Crippen molar-refractivity contribution in [3.8, 4) is 0 Å². The van der Waals surface area contributed by atoms with E-state index in [2.05, 4.69) is 5.32 Å². The Morgan fingerprint density at radius 3 is 2.36 bits per heavy atom. The van der Waals surface area contributed by atoms with Crippen LogP contribution in [0, 0.1) is 0 Å². The van der Waals surface area contributed by atoms with Gasteiger partial charge in [-0.2, -0.15) is 0 Å². The first kappa shape index (κ1) is 15.1. The van der Waals surface area contributed by atoms with Crippen LogP contribution < -0.4 is 5.32 Å². The van der Waals surface area contributed by atoms with E-state index in [9.17, 15) is 9.90 Å². The van der Waals surface area contributed by atoms with Crippen molar-refractivity contribution in [2.24, 2.45) is 0 Å². The number of nitrogens with one attached hydrogen (secondary N) is 1. The van der Waals surface area contributed by atoms with E-state index in [1.807, 2.05) is 54.6 Å². The lowest BCUT2D eigenvalue weighted by Crippen LogP contribution is -2.37. The topological polar surface area (TPSA) is 49.3 Å². The molecule has 0 unspecified atom stereocenters. The van der Waals surface area contributed by atoms with E-state index in [1.165, 1.54) is 0 Å².